The molecule has 0 heterocycles. The maximum Gasteiger partial charge on any atom is 0.249 e. The highest BCUT2D eigenvalue weighted by Crippen LogP contribution is 2.33. The van der Waals surface area contributed by atoms with Crippen LogP contribution in [0.4, 0.5) is 13.2 Å². The van der Waals surface area contributed by atoms with Gasteiger partial charge in [-0.05, 0) is 12.8 Å². The van der Waals surface area contributed by atoms with Crippen LogP contribution in [0.1, 0.15) is 12.8 Å². The van der Waals surface area contributed by atoms with E-state index in [1.54, 1.807) is 0 Å². The second kappa shape index (κ2) is 5.41. The van der Waals surface area contributed by atoms with Gasteiger partial charge in [-0.1, -0.05) is 15.9 Å². The van der Waals surface area contributed by atoms with Crippen molar-refractivity contribution >= 4 is 26.0 Å². The molecule has 0 saturated heterocycles. The molecule has 0 atom stereocenters. The zero-order valence-electron chi connectivity index (χ0n) is 9.74. The summed E-state index contributed by atoms with van der Waals surface area (Å²) in [7, 11) is -4.29. The van der Waals surface area contributed by atoms with E-state index >= 15 is 0 Å². The molecule has 1 aliphatic carbocycles. The monoisotopic (exact) mass is 357 g/mol. The lowest BCUT2D eigenvalue weighted by molar-refractivity contribution is 0.411. The molecule has 0 spiro atoms. The van der Waals surface area contributed by atoms with Gasteiger partial charge in [0.05, 0.1) is 0 Å². The van der Waals surface area contributed by atoms with Gasteiger partial charge in [0.25, 0.3) is 0 Å². The third kappa shape index (κ3) is 2.95. The number of benzene rings is 1. The molecule has 1 fully saturated rings. The number of nitrogens with zero attached hydrogens (tertiary/aromatic N) is 1. The fourth-order valence-corrected chi connectivity index (χ4v) is 4.23. The van der Waals surface area contributed by atoms with E-state index in [2.05, 4.69) is 15.9 Å². The van der Waals surface area contributed by atoms with Crippen molar-refractivity contribution in [1.29, 1.82) is 0 Å². The topological polar surface area (TPSA) is 37.4 Å². The van der Waals surface area contributed by atoms with Crippen LogP contribution in [0.15, 0.2) is 17.0 Å². The second-order valence-electron chi connectivity index (χ2n) is 4.23. The number of alkyl halides is 1. The first-order valence-electron chi connectivity index (χ1n) is 5.60. The molecule has 3 nitrogen and oxygen atoms in total. The Hall–Kier alpha value is -0.600. The summed E-state index contributed by atoms with van der Waals surface area (Å²) in [5.74, 6) is -3.96. The van der Waals surface area contributed by atoms with E-state index < -0.39 is 32.4 Å². The predicted octanol–water partition coefficient (Wildman–Crippen LogP) is 2.65. The van der Waals surface area contributed by atoms with Gasteiger partial charge in [-0.15, -0.1) is 0 Å². The largest absolute Gasteiger partial charge is 0.249 e. The van der Waals surface area contributed by atoms with Crippen LogP contribution in [0.5, 0.6) is 0 Å². The maximum atomic E-state index is 13.6. The molecule has 1 aliphatic rings. The summed E-state index contributed by atoms with van der Waals surface area (Å²) in [6.07, 6.45) is 1.33. The van der Waals surface area contributed by atoms with Gasteiger partial charge in [0, 0.05) is 30.0 Å². The molecule has 19 heavy (non-hydrogen) atoms. The van der Waals surface area contributed by atoms with Crippen molar-refractivity contribution in [3.8, 4) is 0 Å². The zero-order chi connectivity index (χ0) is 14.2. The minimum Gasteiger partial charge on any atom is -0.207 e. The molecule has 0 amide bonds. The van der Waals surface area contributed by atoms with E-state index in [9.17, 15) is 21.6 Å². The summed E-state index contributed by atoms with van der Waals surface area (Å²) in [6, 6.07) is 0.510. The van der Waals surface area contributed by atoms with E-state index in [1.807, 2.05) is 0 Å². The Morgan fingerprint density at radius 1 is 1.21 bits per heavy atom. The molecule has 0 N–H and O–H groups in total. The normalized spacial score (nSPS) is 16.1. The van der Waals surface area contributed by atoms with E-state index in [0.717, 1.165) is 4.31 Å². The predicted molar refractivity (Wildman–Crippen MR) is 67.0 cm³/mol. The van der Waals surface area contributed by atoms with Crippen LogP contribution in [0, 0.1) is 17.5 Å². The number of rotatable bonds is 5. The van der Waals surface area contributed by atoms with Crippen LogP contribution >= 0.6 is 15.9 Å². The molecule has 0 aliphatic heterocycles. The Bertz CT molecular complexity index is 567. The van der Waals surface area contributed by atoms with E-state index in [0.29, 0.717) is 30.3 Å². The van der Waals surface area contributed by atoms with Crippen molar-refractivity contribution < 1.29 is 21.6 Å². The number of hydrogen-bond acceptors (Lipinski definition) is 2. The first-order chi connectivity index (χ1) is 8.87. The van der Waals surface area contributed by atoms with Gasteiger partial charge in [-0.25, -0.2) is 21.6 Å². The lowest BCUT2D eigenvalue weighted by Crippen LogP contribution is -2.35. The second-order valence-corrected chi connectivity index (χ2v) is 6.85. The Morgan fingerprint density at radius 3 is 2.16 bits per heavy atom. The van der Waals surface area contributed by atoms with Crippen LogP contribution in [0.2, 0.25) is 0 Å². The van der Waals surface area contributed by atoms with Crippen molar-refractivity contribution in [2.24, 2.45) is 0 Å². The van der Waals surface area contributed by atoms with Crippen LogP contribution in [-0.4, -0.2) is 30.6 Å². The van der Waals surface area contributed by atoms with Gasteiger partial charge in [0.1, 0.15) is 17.5 Å². The van der Waals surface area contributed by atoms with E-state index in [-0.39, 0.29) is 12.6 Å². The molecule has 2 rings (SSSR count). The molecule has 0 unspecified atom stereocenters. The molecule has 0 radical (unpaired) electrons. The van der Waals surface area contributed by atoms with Gasteiger partial charge >= 0.3 is 0 Å². The highest BCUT2D eigenvalue weighted by Gasteiger charge is 2.40. The minimum absolute atomic E-state index is 0.114. The average molecular weight is 358 g/mol. The molecule has 8 heteroatoms. The van der Waals surface area contributed by atoms with Crippen LogP contribution in [0.25, 0.3) is 0 Å². The smallest absolute Gasteiger partial charge is 0.207 e. The van der Waals surface area contributed by atoms with Crippen molar-refractivity contribution in [3.63, 3.8) is 0 Å². The molecule has 0 aromatic heterocycles. The number of sulfonamides is 1. The Balaban J connectivity index is 2.49. The van der Waals surface area contributed by atoms with Gasteiger partial charge in [0.2, 0.25) is 10.0 Å². The van der Waals surface area contributed by atoms with Crippen molar-refractivity contribution in [3.05, 3.63) is 29.6 Å². The molecule has 0 bridgehead atoms. The van der Waals surface area contributed by atoms with Crippen LogP contribution in [0.3, 0.4) is 0 Å². The fourth-order valence-electron chi connectivity index (χ4n) is 1.84. The Labute approximate surface area is 117 Å². The SMILES string of the molecule is O=S(=O)(c1c(F)cc(F)cc1F)N(CCBr)C1CC1. The third-order valence-corrected chi connectivity index (χ3v) is 5.15. The summed E-state index contributed by atoms with van der Waals surface area (Å²) in [5, 5.41) is 0.354. The fraction of sp³-hybridized carbons (Fsp3) is 0.455. The zero-order valence-corrected chi connectivity index (χ0v) is 12.1. The van der Waals surface area contributed by atoms with E-state index in [4.69, 9.17) is 0 Å². The highest BCUT2D eigenvalue weighted by atomic mass is 79.9. The summed E-state index contributed by atoms with van der Waals surface area (Å²) in [6.45, 7) is 0.114. The summed E-state index contributed by atoms with van der Waals surface area (Å²) >= 11 is 3.11. The minimum atomic E-state index is -4.29. The van der Waals surface area contributed by atoms with E-state index in [1.165, 1.54) is 0 Å². The molecule has 1 aromatic rings. The molecular formula is C11H11BrF3NO2S. The Morgan fingerprint density at radius 2 is 1.74 bits per heavy atom. The van der Waals surface area contributed by atoms with Gasteiger partial charge in [0.15, 0.2) is 4.90 Å². The molecule has 1 saturated carbocycles. The standard InChI is InChI=1S/C11H11BrF3NO2S/c12-3-4-16(8-1-2-8)19(17,18)11-9(14)5-7(13)6-10(11)15/h5-6,8H,1-4H2. The van der Waals surface area contributed by atoms with Crippen molar-refractivity contribution in [2.75, 3.05) is 11.9 Å². The van der Waals surface area contributed by atoms with Gasteiger partial charge < -0.3 is 0 Å². The quantitative estimate of drug-likeness (QED) is 0.759. The lowest BCUT2D eigenvalue weighted by Gasteiger charge is -2.21. The van der Waals surface area contributed by atoms with Crippen LogP contribution < -0.4 is 0 Å². The lowest BCUT2D eigenvalue weighted by atomic mass is 10.3. The van der Waals surface area contributed by atoms with Crippen molar-refractivity contribution in [2.45, 2.75) is 23.8 Å². The first kappa shape index (κ1) is 14.8. The summed E-state index contributed by atoms with van der Waals surface area (Å²) in [4.78, 5) is -1.08. The average Bonchev–Trinajstić information content (AvgIpc) is 3.07. The third-order valence-electron chi connectivity index (χ3n) is 2.79. The van der Waals surface area contributed by atoms with Crippen LogP contribution in [-0.2, 0) is 10.0 Å². The molecular weight excluding hydrogens is 347 g/mol. The number of halogens is 4. The van der Waals surface area contributed by atoms with Gasteiger partial charge in [-0.2, -0.15) is 4.31 Å². The number of hydrogen-bond donors (Lipinski definition) is 0. The molecule has 1 aromatic carbocycles. The Kier molecular flexibility index (Phi) is 4.22. The summed E-state index contributed by atoms with van der Waals surface area (Å²) in [5.41, 5.74) is 0. The van der Waals surface area contributed by atoms with Gasteiger partial charge in [-0.3, -0.25) is 0 Å². The van der Waals surface area contributed by atoms with Crippen molar-refractivity contribution in [1.82, 2.24) is 4.31 Å². The molecule has 106 valence electrons. The first-order valence-corrected chi connectivity index (χ1v) is 8.16. The summed E-state index contributed by atoms with van der Waals surface area (Å²) < 4.78 is 65.6. The highest BCUT2D eigenvalue weighted by molar-refractivity contribution is 9.09. The maximum absolute atomic E-state index is 13.6.